The van der Waals surface area contributed by atoms with E-state index in [4.69, 9.17) is 9.73 Å². The average molecular weight is 256 g/mol. The minimum Gasteiger partial charge on any atom is -0.378 e. The number of nitrogens with one attached hydrogen (secondary N) is 1. The van der Waals surface area contributed by atoms with Crippen molar-refractivity contribution in [3.63, 3.8) is 0 Å². The van der Waals surface area contributed by atoms with Gasteiger partial charge in [0.15, 0.2) is 5.17 Å². The van der Waals surface area contributed by atoms with E-state index in [2.05, 4.69) is 26.1 Å². The lowest BCUT2D eigenvalue weighted by Crippen LogP contribution is -2.41. The first-order chi connectivity index (χ1) is 8.15. The maximum Gasteiger partial charge on any atom is 0.157 e. The minimum atomic E-state index is 0.385. The Morgan fingerprint density at radius 2 is 2.24 bits per heavy atom. The molecule has 4 heteroatoms. The second-order valence-electron chi connectivity index (χ2n) is 5.43. The van der Waals surface area contributed by atoms with E-state index in [-0.39, 0.29) is 0 Å². The molecule has 98 valence electrons. The van der Waals surface area contributed by atoms with Crippen LogP contribution in [0.25, 0.3) is 0 Å². The fraction of sp³-hybridized carbons (Fsp3) is 0.923. The number of amidine groups is 1. The fourth-order valence-corrected chi connectivity index (χ4v) is 3.41. The SMILES string of the molecule is CC1CC(NC2=NC(C(C)C)CCS2)CCO1. The molecule has 0 spiro atoms. The topological polar surface area (TPSA) is 33.6 Å². The Kier molecular flexibility index (Phi) is 4.74. The number of aliphatic imine (C=N–C) groups is 1. The second kappa shape index (κ2) is 6.10. The van der Waals surface area contributed by atoms with Gasteiger partial charge in [-0.05, 0) is 32.1 Å². The molecule has 0 amide bonds. The number of hydrogen-bond acceptors (Lipinski definition) is 4. The van der Waals surface area contributed by atoms with Gasteiger partial charge in [0, 0.05) is 18.4 Å². The predicted octanol–water partition coefficient (Wildman–Crippen LogP) is 2.66. The summed E-state index contributed by atoms with van der Waals surface area (Å²) in [6.07, 6.45) is 3.82. The van der Waals surface area contributed by atoms with Crippen LogP contribution in [0.5, 0.6) is 0 Å². The third kappa shape index (κ3) is 3.88. The van der Waals surface area contributed by atoms with Crippen molar-refractivity contribution in [1.82, 2.24) is 5.32 Å². The Morgan fingerprint density at radius 3 is 2.94 bits per heavy atom. The first-order valence-electron chi connectivity index (χ1n) is 6.74. The molecule has 0 bridgehead atoms. The molecule has 2 heterocycles. The molecule has 3 atom stereocenters. The molecule has 1 N–H and O–H groups in total. The van der Waals surface area contributed by atoms with Gasteiger partial charge in [-0.2, -0.15) is 0 Å². The van der Waals surface area contributed by atoms with Crippen molar-refractivity contribution < 1.29 is 4.74 Å². The van der Waals surface area contributed by atoms with Crippen molar-refractivity contribution in [3.05, 3.63) is 0 Å². The lowest BCUT2D eigenvalue weighted by atomic mass is 10.0. The van der Waals surface area contributed by atoms with E-state index in [1.807, 2.05) is 11.8 Å². The highest BCUT2D eigenvalue weighted by atomic mass is 32.2. The van der Waals surface area contributed by atoms with Gasteiger partial charge in [0.1, 0.15) is 0 Å². The molecule has 0 radical (unpaired) electrons. The summed E-state index contributed by atoms with van der Waals surface area (Å²) < 4.78 is 5.57. The lowest BCUT2D eigenvalue weighted by molar-refractivity contribution is 0.0168. The van der Waals surface area contributed by atoms with Crippen molar-refractivity contribution in [2.45, 2.75) is 58.2 Å². The lowest BCUT2D eigenvalue weighted by Gasteiger charge is -2.31. The Morgan fingerprint density at radius 1 is 1.41 bits per heavy atom. The number of rotatable bonds is 2. The van der Waals surface area contributed by atoms with Crippen LogP contribution in [0.1, 0.15) is 40.0 Å². The Hall–Kier alpha value is -0.220. The smallest absolute Gasteiger partial charge is 0.157 e. The summed E-state index contributed by atoms with van der Waals surface area (Å²) in [6, 6.07) is 1.06. The summed E-state index contributed by atoms with van der Waals surface area (Å²) in [6.45, 7) is 7.56. The van der Waals surface area contributed by atoms with Crippen molar-refractivity contribution in [3.8, 4) is 0 Å². The third-order valence-electron chi connectivity index (χ3n) is 3.52. The molecule has 2 aliphatic rings. The van der Waals surface area contributed by atoms with Crippen LogP contribution in [0.4, 0.5) is 0 Å². The second-order valence-corrected chi connectivity index (χ2v) is 6.51. The summed E-state index contributed by atoms with van der Waals surface area (Å²) in [5.41, 5.74) is 0. The van der Waals surface area contributed by atoms with E-state index < -0.39 is 0 Å². The van der Waals surface area contributed by atoms with Crippen LogP contribution in [0.3, 0.4) is 0 Å². The Bertz CT molecular complexity index is 281. The van der Waals surface area contributed by atoms with Crippen molar-refractivity contribution in [1.29, 1.82) is 0 Å². The van der Waals surface area contributed by atoms with Gasteiger partial charge >= 0.3 is 0 Å². The highest BCUT2D eigenvalue weighted by molar-refractivity contribution is 8.13. The highest BCUT2D eigenvalue weighted by Gasteiger charge is 2.23. The summed E-state index contributed by atoms with van der Waals surface area (Å²) in [4.78, 5) is 4.83. The zero-order valence-corrected chi connectivity index (χ0v) is 11.9. The quantitative estimate of drug-likeness (QED) is 0.824. The summed E-state index contributed by atoms with van der Waals surface area (Å²) in [5.74, 6) is 1.86. The maximum absolute atomic E-state index is 5.57. The average Bonchev–Trinajstić information content (AvgIpc) is 2.29. The van der Waals surface area contributed by atoms with E-state index in [9.17, 15) is 0 Å². The van der Waals surface area contributed by atoms with Crippen molar-refractivity contribution >= 4 is 16.9 Å². The fourth-order valence-electron chi connectivity index (χ4n) is 2.39. The molecule has 3 unspecified atom stereocenters. The first kappa shape index (κ1) is 13.2. The molecule has 1 fully saturated rings. The minimum absolute atomic E-state index is 0.385. The molecule has 0 aromatic rings. The Labute approximate surface area is 109 Å². The van der Waals surface area contributed by atoms with Crippen LogP contribution in [0, 0.1) is 5.92 Å². The monoisotopic (exact) mass is 256 g/mol. The van der Waals surface area contributed by atoms with Crippen LogP contribution in [0.2, 0.25) is 0 Å². The van der Waals surface area contributed by atoms with E-state index in [1.54, 1.807) is 0 Å². The molecule has 0 aromatic heterocycles. The molecule has 1 saturated heterocycles. The standard InChI is InChI=1S/C13H24N2OS/c1-9(2)12-5-7-17-13(15-12)14-11-4-6-16-10(3)8-11/h9-12H,4-8H2,1-3H3,(H,14,15). The van der Waals surface area contributed by atoms with Crippen LogP contribution >= 0.6 is 11.8 Å². The number of nitrogens with zero attached hydrogens (tertiary/aromatic N) is 1. The number of ether oxygens (including phenoxy) is 1. The van der Waals surface area contributed by atoms with E-state index in [0.29, 0.717) is 24.1 Å². The van der Waals surface area contributed by atoms with Gasteiger partial charge < -0.3 is 10.1 Å². The molecule has 17 heavy (non-hydrogen) atoms. The summed E-state index contributed by atoms with van der Waals surface area (Å²) in [5, 5.41) is 4.77. The molecule has 0 aromatic carbocycles. The molecule has 2 aliphatic heterocycles. The molecule has 0 aliphatic carbocycles. The van der Waals surface area contributed by atoms with Crippen molar-refractivity contribution in [2.75, 3.05) is 12.4 Å². The number of thioether (sulfide) groups is 1. The van der Waals surface area contributed by atoms with Gasteiger partial charge in [0.25, 0.3) is 0 Å². The molecule has 3 nitrogen and oxygen atoms in total. The molecule has 0 saturated carbocycles. The van der Waals surface area contributed by atoms with Gasteiger partial charge in [-0.1, -0.05) is 25.6 Å². The zero-order chi connectivity index (χ0) is 12.3. The first-order valence-corrected chi connectivity index (χ1v) is 7.72. The zero-order valence-electron chi connectivity index (χ0n) is 11.1. The van der Waals surface area contributed by atoms with E-state index >= 15 is 0 Å². The Balaban J connectivity index is 1.89. The van der Waals surface area contributed by atoms with Gasteiger partial charge in [-0.15, -0.1) is 0 Å². The van der Waals surface area contributed by atoms with Gasteiger partial charge in [-0.25, -0.2) is 0 Å². The molecular weight excluding hydrogens is 232 g/mol. The van der Waals surface area contributed by atoms with Gasteiger partial charge in [0.2, 0.25) is 0 Å². The normalized spacial score (nSPS) is 34.6. The summed E-state index contributed by atoms with van der Waals surface area (Å²) >= 11 is 1.88. The van der Waals surface area contributed by atoms with E-state index in [0.717, 1.165) is 24.6 Å². The van der Waals surface area contributed by atoms with Crippen LogP contribution in [0.15, 0.2) is 4.99 Å². The van der Waals surface area contributed by atoms with Gasteiger partial charge in [0.05, 0.1) is 12.1 Å². The maximum atomic E-state index is 5.57. The van der Waals surface area contributed by atoms with Gasteiger partial charge in [-0.3, -0.25) is 4.99 Å². The van der Waals surface area contributed by atoms with Crippen LogP contribution in [-0.4, -0.2) is 35.7 Å². The van der Waals surface area contributed by atoms with Crippen LogP contribution < -0.4 is 5.32 Å². The van der Waals surface area contributed by atoms with Crippen LogP contribution in [-0.2, 0) is 4.74 Å². The molecule has 2 rings (SSSR count). The molecular formula is C13H24N2OS. The largest absolute Gasteiger partial charge is 0.378 e. The third-order valence-corrected chi connectivity index (χ3v) is 4.45. The predicted molar refractivity (Wildman–Crippen MR) is 74.7 cm³/mol. The number of hydrogen-bond donors (Lipinski definition) is 1. The van der Waals surface area contributed by atoms with Crippen molar-refractivity contribution in [2.24, 2.45) is 10.9 Å². The highest BCUT2D eigenvalue weighted by Crippen LogP contribution is 2.23. The summed E-state index contributed by atoms with van der Waals surface area (Å²) in [7, 11) is 0. The van der Waals surface area contributed by atoms with E-state index in [1.165, 1.54) is 12.2 Å².